The van der Waals surface area contributed by atoms with Crippen LogP contribution in [-0.2, 0) is 6.54 Å². The lowest BCUT2D eigenvalue weighted by Crippen LogP contribution is -2.06. The van der Waals surface area contributed by atoms with Gasteiger partial charge in [0.05, 0.1) is 17.7 Å². The minimum absolute atomic E-state index is 0.172. The van der Waals surface area contributed by atoms with E-state index in [4.69, 9.17) is 10.00 Å². The Balaban J connectivity index is 2.01. The van der Waals surface area contributed by atoms with Gasteiger partial charge in [-0.15, -0.1) is 0 Å². The molecule has 0 saturated heterocycles. The fourth-order valence-electron chi connectivity index (χ4n) is 1.90. The standard InChI is InChI=1S/C17H18N2O/c1-13(2)20-17-8-4-6-15(10-17)12-19-16-7-3-5-14(9-16)11-18/h3-10,13,19H,12H2,1-2H3. The highest BCUT2D eigenvalue weighted by molar-refractivity contribution is 5.49. The zero-order valence-electron chi connectivity index (χ0n) is 11.8. The summed E-state index contributed by atoms with van der Waals surface area (Å²) in [5.41, 5.74) is 2.75. The predicted molar refractivity (Wildman–Crippen MR) is 80.7 cm³/mol. The SMILES string of the molecule is CC(C)Oc1cccc(CNc2cccc(C#N)c2)c1. The maximum absolute atomic E-state index is 8.87. The third kappa shape index (κ3) is 4.03. The summed E-state index contributed by atoms with van der Waals surface area (Å²) >= 11 is 0. The van der Waals surface area contributed by atoms with Crippen LogP contribution in [0, 0.1) is 11.3 Å². The predicted octanol–water partition coefficient (Wildman–Crippen LogP) is 3.96. The molecular formula is C17H18N2O. The number of rotatable bonds is 5. The first kappa shape index (κ1) is 14.0. The molecule has 0 aliphatic rings. The smallest absolute Gasteiger partial charge is 0.120 e. The van der Waals surface area contributed by atoms with Crippen LogP contribution < -0.4 is 10.1 Å². The third-order valence-corrected chi connectivity index (χ3v) is 2.76. The summed E-state index contributed by atoms with van der Waals surface area (Å²) in [6.45, 7) is 4.72. The van der Waals surface area contributed by atoms with E-state index in [-0.39, 0.29) is 6.10 Å². The molecule has 0 fully saturated rings. The normalized spacial score (nSPS) is 10.1. The molecule has 1 N–H and O–H groups in total. The highest BCUT2D eigenvalue weighted by Gasteiger charge is 2.00. The summed E-state index contributed by atoms with van der Waals surface area (Å²) in [6.07, 6.45) is 0.172. The highest BCUT2D eigenvalue weighted by Crippen LogP contribution is 2.17. The van der Waals surface area contributed by atoms with Crippen LogP contribution >= 0.6 is 0 Å². The van der Waals surface area contributed by atoms with Gasteiger partial charge in [-0.1, -0.05) is 18.2 Å². The van der Waals surface area contributed by atoms with Gasteiger partial charge in [0.2, 0.25) is 0 Å². The van der Waals surface area contributed by atoms with E-state index in [1.54, 1.807) is 6.07 Å². The van der Waals surface area contributed by atoms with Crippen molar-refractivity contribution < 1.29 is 4.74 Å². The first-order valence-electron chi connectivity index (χ1n) is 6.67. The van der Waals surface area contributed by atoms with Crippen molar-refractivity contribution in [2.45, 2.75) is 26.5 Å². The Morgan fingerprint density at radius 2 is 1.95 bits per heavy atom. The van der Waals surface area contributed by atoms with E-state index in [9.17, 15) is 0 Å². The zero-order valence-corrected chi connectivity index (χ0v) is 11.8. The number of benzene rings is 2. The van der Waals surface area contributed by atoms with Crippen molar-refractivity contribution in [2.24, 2.45) is 0 Å². The van der Waals surface area contributed by atoms with Crippen LogP contribution in [0.4, 0.5) is 5.69 Å². The number of nitrogens with one attached hydrogen (secondary N) is 1. The summed E-state index contributed by atoms with van der Waals surface area (Å²) in [5, 5.41) is 12.2. The molecule has 2 aromatic rings. The van der Waals surface area contributed by atoms with Crippen LogP contribution in [0.25, 0.3) is 0 Å². The van der Waals surface area contributed by atoms with Gasteiger partial charge in [-0.3, -0.25) is 0 Å². The second kappa shape index (κ2) is 6.63. The molecule has 0 bridgehead atoms. The first-order chi connectivity index (χ1) is 9.67. The molecule has 0 unspecified atom stereocenters. The molecule has 3 nitrogen and oxygen atoms in total. The maximum Gasteiger partial charge on any atom is 0.120 e. The minimum atomic E-state index is 0.172. The molecule has 2 aromatic carbocycles. The van der Waals surface area contributed by atoms with Gasteiger partial charge in [0.25, 0.3) is 0 Å². The highest BCUT2D eigenvalue weighted by atomic mass is 16.5. The molecule has 20 heavy (non-hydrogen) atoms. The Kier molecular flexibility index (Phi) is 4.62. The summed E-state index contributed by atoms with van der Waals surface area (Å²) in [4.78, 5) is 0. The fourth-order valence-corrected chi connectivity index (χ4v) is 1.90. The molecule has 0 atom stereocenters. The van der Waals surface area contributed by atoms with Crippen LogP contribution in [0.1, 0.15) is 25.0 Å². The Morgan fingerprint density at radius 3 is 2.70 bits per heavy atom. The molecule has 0 aromatic heterocycles. The molecular weight excluding hydrogens is 248 g/mol. The molecule has 0 radical (unpaired) electrons. The van der Waals surface area contributed by atoms with Crippen LogP contribution in [0.3, 0.4) is 0 Å². The molecule has 2 rings (SSSR count). The van der Waals surface area contributed by atoms with Gasteiger partial charge in [0, 0.05) is 12.2 Å². The van der Waals surface area contributed by atoms with Crippen LogP contribution in [0.5, 0.6) is 5.75 Å². The molecule has 0 heterocycles. The van der Waals surface area contributed by atoms with Crippen molar-refractivity contribution in [3.8, 4) is 11.8 Å². The Bertz CT molecular complexity index is 614. The van der Waals surface area contributed by atoms with Gasteiger partial charge >= 0.3 is 0 Å². The van der Waals surface area contributed by atoms with Crippen molar-refractivity contribution in [2.75, 3.05) is 5.32 Å². The van der Waals surface area contributed by atoms with Gasteiger partial charge in [0.15, 0.2) is 0 Å². The first-order valence-corrected chi connectivity index (χ1v) is 6.67. The molecule has 102 valence electrons. The zero-order chi connectivity index (χ0) is 14.4. The van der Waals surface area contributed by atoms with E-state index in [1.165, 1.54) is 0 Å². The molecule has 0 aliphatic carbocycles. The number of nitriles is 1. The molecule has 0 spiro atoms. The van der Waals surface area contributed by atoms with Crippen molar-refractivity contribution in [3.05, 3.63) is 59.7 Å². The lowest BCUT2D eigenvalue weighted by atomic mass is 10.2. The van der Waals surface area contributed by atoms with Crippen molar-refractivity contribution in [3.63, 3.8) is 0 Å². The lowest BCUT2D eigenvalue weighted by molar-refractivity contribution is 0.242. The monoisotopic (exact) mass is 266 g/mol. The molecule has 0 amide bonds. The largest absolute Gasteiger partial charge is 0.491 e. The summed E-state index contributed by atoms with van der Waals surface area (Å²) in [6, 6.07) is 17.6. The van der Waals surface area contributed by atoms with Gasteiger partial charge < -0.3 is 10.1 Å². The Labute approximate surface area is 119 Å². The van der Waals surface area contributed by atoms with Crippen LogP contribution in [0.2, 0.25) is 0 Å². The Hall–Kier alpha value is -2.47. The molecule has 0 aliphatic heterocycles. The van der Waals surface area contributed by atoms with Gasteiger partial charge in [-0.2, -0.15) is 5.26 Å². The van der Waals surface area contributed by atoms with Crippen LogP contribution in [0.15, 0.2) is 48.5 Å². The van der Waals surface area contributed by atoms with E-state index in [0.29, 0.717) is 12.1 Å². The summed E-state index contributed by atoms with van der Waals surface area (Å²) < 4.78 is 5.67. The average molecular weight is 266 g/mol. The van der Waals surface area contributed by atoms with Gasteiger partial charge in [-0.05, 0) is 49.7 Å². The van der Waals surface area contributed by atoms with Crippen molar-refractivity contribution in [1.82, 2.24) is 0 Å². The van der Waals surface area contributed by atoms with Crippen LogP contribution in [-0.4, -0.2) is 6.10 Å². The third-order valence-electron chi connectivity index (χ3n) is 2.76. The van der Waals surface area contributed by atoms with E-state index >= 15 is 0 Å². The minimum Gasteiger partial charge on any atom is -0.491 e. The molecule has 3 heteroatoms. The summed E-state index contributed by atoms with van der Waals surface area (Å²) in [5.74, 6) is 0.880. The molecule has 0 saturated carbocycles. The van der Waals surface area contributed by atoms with E-state index in [1.807, 2.05) is 56.3 Å². The van der Waals surface area contributed by atoms with E-state index < -0.39 is 0 Å². The van der Waals surface area contributed by atoms with Crippen molar-refractivity contribution >= 4 is 5.69 Å². The fraction of sp³-hybridized carbons (Fsp3) is 0.235. The number of nitrogens with zero attached hydrogens (tertiary/aromatic N) is 1. The Morgan fingerprint density at radius 1 is 1.15 bits per heavy atom. The van der Waals surface area contributed by atoms with Gasteiger partial charge in [0.1, 0.15) is 5.75 Å². The second-order valence-electron chi connectivity index (χ2n) is 4.86. The van der Waals surface area contributed by atoms with E-state index in [2.05, 4.69) is 11.4 Å². The average Bonchev–Trinajstić information content (AvgIpc) is 2.45. The van der Waals surface area contributed by atoms with E-state index in [0.717, 1.165) is 17.0 Å². The maximum atomic E-state index is 8.87. The number of anilines is 1. The number of ether oxygens (including phenoxy) is 1. The van der Waals surface area contributed by atoms with Crippen molar-refractivity contribution in [1.29, 1.82) is 5.26 Å². The topological polar surface area (TPSA) is 45.0 Å². The van der Waals surface area contributed by atoms with Gasteiger partial charge in [-0.25, -0.2) is 0 Å². The summed E-state index contributed by atoms with van der Waals surface area (Å²) in [7, 11) is 0. The quantitative estimate of drug-likeness (QED) is 0.891. The number of hydrogen-bond acceptors (Lipinski definition) is 3. The lowest BCUT2D eigenvalue weighted by Gasteiger charge is -2.12. The number of hydrogen-bond donors (Lipinski definition) is 1. The second-order valence-corrected chi connectivity index (χ2v) is 4.86.